The average molecular weight is 288 g/mol. The molecule has 1 aliphatic heterocycles. The first kappa shape index (κ1) is 13.9. The first-order valence-electron chi connectivity index (χ1n) is 7.18. The zero-order chi connectivity index (χ0) is 14.7. The van der Waals surface area contributed by atoms with Crippen LogP contribution in [-0.4, -0.2) is 22.8 Å². The Bertz CT molecular complexity index is 611. The lowest BCUT2D eigenvalue weighted by Gasteiger charge is -2.25. The Morgan fingerprint density at radius 3 is 3.05 bits per heavy atom. The topological polar surface area (TPSA) is 74.3 Å². The molecule has 1 aliphatic rings. The summed E-state index contributed by atoms with van der Waals surface area (Å²) in [4.78, 5) is 4.41. The number of para-hydroxylation sites is 1. The summed E-state index contributed by atoms with van der Waals surface area (Å²) in [5.41, 5.74) is 3.87. The minimum Gasteiger partial charge on any atom is -0.486 e. The molecule has 2 aromatic rings. The Kier molecular flexibility index (Phi) is 4.08. The smallest absolute Gasteiger partial charge is 0.166 e. The number of rotatable bonds is 5. The molecule has 6 heteroatoms. The van der Waals surface area contributed by atoms with Gasteiger partial charge in [0.2, 0.25) is 0 Å². The number of aromatic nitrogens is 2. The Morgan fingerprint density at radius 1 is 1.38 bits per heavy atom. The number of fused-ring (bicyclic) bond motifs is 1. The van der Waals surface area contributed by atoms with Crippen molar-refractivity contribution in [3.8, 4) is 11.5 Å². The second-order valence-corrected chi connectivity index (χ2v) is 4.92. The number of benzene rings is 1. The summed E-state index contributed by atoms with van der Waals surface area (Å²) in [6, 6.07) is 5.81. The molecule has 21 heavy (non-hydrogen) atoms. The van der Waals surface area contributed by atoms with Crippen LogP contribution < -0.4 is 20.7 Å². The van der Waals surface area contributed by atoms with Crippen molar-refractivity contribution < 1.29 is 9.47 Å². The third-order valence-corrected chi connectivity index (χ3v) is 3.70. The molecule has 1 aromatic heterocycles. The summed E-state index contributed by atoms with van der Waals surface area (Å²) in [6.45, 7) is 4.12. The number of aryl methyl sites for hydroxylation is 1. The molecule has 1 unspecified atom stereocenters. The van der Waals surface area contributed by atoms with Crippen molar-refractivity contribution in [2.75, 3.05) is 13.2 Å². The van der Waals surface area contributed by atoms with E-state index < -0.39 is 0 Å². The van der Waals surface area contributed by atoms with E-state index in [0.717, 1.165) is 29.4 Å². The summed E-state index contributed by atoms with van der Waals surface area (Å²) in [6.07, 6.45) is 4.48. The van der Waals surface area contributed by atoms with E-state index in [1.807, 2.05) is 30.6 Å². The molecule has 0 saturated carbocycles. The van der Waals surface area contributed by atoms with E-state index in [2.05, 4.69) is 21.9 Å². The van der Waals surface area contributed by atoms with Crippen molar-refractivity contribution in [3.05, 3.63) is 42.0 Å². The third-order valence-electron chi connectivity index (χ3n) is 3.70. The Hall–Kier alpha value is -2.05. The van der Waals surface area contributed by atoms with E-state index in [0.29, 0.717) is 19.6 Å². The summed E-state index contributed by atoms with van der Waals surface area (Å²) in [5.74, 6) is 8.31. The van der Waals surface area contributed by atoms with Gasteiger partial charge in [0.1, 0.15) is 19.0 Å². The van der Waals surface area contributed by atoms with Crippen molar-refractivity contribution in [1.29, 1.82) is 0 Å². The molecular formula is C15H20N4O2. The van der Waals surface area contributed by atoms with E-state index in [1.54, 1.807) is 0 Å². The maximum absolute atomic E-state index is 5.77. The highest BCUT2D eigenvalue weighted by Gasteiger charge is 2.22. The largest absolute Gasteiger partial charge is 0.486 e. The summed E-state index contributed by atoms with van der Waals surface area (Å²) in [5, 5.41) is 0. The van der Waals surface area contributed by atoms with Crippen molar-refractivity contribution in [2.24, 2.45) is 5.84 Å². The second-order valence-electron chi connectivity index (χ2n) is 4.92. The van der Waals surface area contributed by atoms with Crippen LogP contribution in [0, 0.1) is 0 Å². The van der Waals surface area contributed by atoms with Crippen LogP contribution in [0.5, 0.6) is 11.5 Å². The van der Waals surface area contributed by atoms with Crippen LogP contribution in [0.2, 0.25) is 0 Å². The maximum Gasteiger partial charge on any atom is 0.166 e. The molecule has 0 amide bonds. The number of nitrogens with zero attached hydrogens (tertiary/aromatic N) is 2. The zero-order valence-electron chi connectivity index (χ0n) is 12.1. The average Bonchev–Trinajstić information content (AvgIpc) is 2.99. The molecule has 0 radical (unpaired) electrons. The fraction of sp³-hybridized carbons (Fsp3) is 0.400. The summed E-state index contributed by atoms with van der Waals surface area (Å²) >= 11 is 0. The number of nitrogens with two attached hydrogens (primary N) is 1. The molecule has 0 fully saturated rings. The van der Waals surface area contributed by atoms with Crippen LogP contribution in [0.3, 0.4) is 0 Å². The van der Waals surface area contributed by atoms with E-state index in [1.165, 1.54) is 0 Å². The van der Waals surface area contributed by atoms with Gasteiger partial charge in [0.15, 0.2) is 11.5 Å². The predicted molar refractivity (Wildman–Crippen MR) is 79.1 cm³/mol. The van der Waals surface area contributed by atoms with Crippen molar-refractivity contribution in [3.63, 3.8) is 0 Å². The molecule has 6 nitrogen and oxygen atoms in total. The van der Waals surface area contributed by atoms with Gasteiger partial charge in [-0.25, -0.2) is 4.98 Å². The van der Waals surface area contributed by atoms with Crippen LogP contribution in [-0.2, 0) is 13.0 Å². The molecule has 112 valence electrons. The van der Waals surface area contributed by atoms with Gasteiger partial charge in [0.05, 0.1) is 6.04 Å². The highest BCUT2D eigenvalue weighted by atomic mass is 16.6. The summed E-state index contributed by atoms with van der Waals surface area (Å²) in [7, 11) is 0. The number of nitrogens with one attached hydrogen (secondary N) is 1. The zero-order valence-corrected chi connectivity index (χ0v) is 12.1. The van der Waals surface area contributed by atoms with Crippen molar-refractivity contribution in [1.82, 2.24) is 15.0 Å². The van der Waals surface area contributed by atoms with Gasteiger partial charge in [0, 0.05) is 30.9 Å². The lowest BCUT2D eigenvalue weighted by atomic mass is 10.0. The fourth-order valence-corrected chi connectivity index (χ4v) is 2.63. The lowest BCUT2D eigenvalue weighted by molar-refractivity contribution is 0.168. The van der Waals surface area contributed by atoms with Gasteiger partial charge in [-0.15, -0.1) is 0 Å². The molecule has 3 rings (SSSR count). The first-order chi connectivity index (χ1) is 10.3. The molecule has 2 heterocycles. The van der Waals surface area contributed by atoms with Crippen LogP contribution in [0.1, 0.15) is 24.4 Å². The molecule has 3 N–H and O–H groups in total. The summed E-state index contributed by atoms with van der Waals surface area (Å²) < 4.78 is 13.5. The maximum atomic E-state index is 5.77. The van der Waals surface area contributed by atoms with E-state index in [4.69, 9.17) is 15.3 Å². The lowest BCUT2D eigenvalue weighted by Crippen LogP contribution is -2.31. The fourth-order valence-electron chi connectivity index (χ4n) is 2.63. The molecule has 0 spiro atoms. The molecular weight excluding hydrogens is 268 g/mol. The Morgan fingerprint density at radius 2 is 2.24 bits per heavy atom. The SMILES string of the molecule is CCn1ccnc1CC(NN)c1cccc2c1OCCO2. The molecule has 1 aromatic carbocycles. The number of hydrogen-bond acceptors (Lipinski definition) is 5. The van der Waals surface area contributed by atoms with Crippen LogP contribution >= 0.6 is 0 Å². The normalized spacial score (nSPS) is 15.0. The van der Waals surface area contributed by atoms with Gasteiger partial charge >= 0.3 is 0 Å². The van der Waals surface area contributed by atoms with Crippen LogP contribution in [0.4, 0.5) is 0 Å². The molecule has 1 atom stereocenters. The van der Waals surface area contributed by atoms with Crippen LogP contribution in [0.15, 0.2) is 30.6 Å². The first-order valence-corrected chi connectivity index (χ1v) is 7.18. The highest BCUT2D eigenvalue weighted by molar-refractivity contribution is 5.49. The molecule has 0 bridgehead atoms. The van der Waals surface area contributed by atoms with Gasteiger partial charge < -0.3 is 14.0 Å². The minimum absolute atomic E-state index is 0.0747. The predicted octanol–water partition coefficient (Wildman–Crippen LogP) is 1.42. The molecule has 0 aliphatic carbocycles. The monoisotopic (exact) mass is 288 g/mol. The Labute approximate surface area is 123 Å². The quantitative estimate of drug-likeness (QED) is 0.643. The second kappa shape index (κ2) is 6.15. The standard InChI is InChI=1S/C15H20N4O2/c1-2-19-7-6-17-14(19)10-12(18-16)11-4-3-5-13-15(11)21-9-8-20-13/h3-7,12,18H,2,8-10,16H2,1H3. The van der Waals surface area contributed by atoms with Gasteiger partial charge in [-0.05, 0) is 13.0 Å². The number of hydrazine groups is 1. The van der Waals surface area contributed by atoms with Crippen molar-refractivity contribution in [2.45, 2.75) is 25.9 Å². The van der Waals surface area contributed by atoms with Gasteiger partial charge in [-0.2, -0.15) is 0 Å². The molecule has 0 saturated heterocycles. The van der Waals surface area contributed by atoms with Crippen LogP contribution in [0.25, 0.3) is 0 Å². The number of imidazole rings is 1. The highest BCUT2D eigenvalue weighted by Crippen LogP contribution is 2.37. The van der Waals surface area contributed by atoms with Gasteiger partial charge in [-0.1, -0.05) is 12.1 Å². The number of hydrogen-bond donors (Lipinski definition) is 2. The minimum atomic E-state index is -0.0747. The van der Waals surface area contributed by atoms with E-state index >= 15 is 0 Å². The van der Waals surface area contributed by atoms with E-state index in [9.17, 15) is 0 Å². The van der Waals surface area contributed by atoms with E-state index in [-0.39, 0.29) is 6.04 Å². The van der Waals surface area contributed by atoms with Crippen molar-refractivity contribution >= 4 is 0 Å². The third kappa shape index (κ3) is 2.72. The van der Waals surface area contributed by atoms with Gasteiger partial charge in [-0.3, -0.25) is 11.3 Å². The Balaban J connectivity index is 1.90. The van der Waals surface area contributed by atoms with Gasteiger partial charge in [0.25, 0.3) is 0 Å². The number of ether oxygens (including phenoxy) is 2.